The SMILES string of the molecule is NCC1CCNCC1c1ccsc1. The molecule has 2 unspecified atom stereocenters. The highest BCUT2D eigenvalue weighted by Gasteiger charge is 2.24. The third-order valence-electron chi connectivity index (χ3n) is 2.90. The second-order valence-electron chi connectivity index (χ2n) is 3.65. The summed E-state index contributed by atoms with van der Waals surface area (Å²) < 4.78 is 0. The Morgan fingerprint density at radius 2 is 2.54 bits per heavy atom. The molecule has 2 heterocycles. The van der Waals surface area contributed by atoms with Crippen molar-refractivity contribution in [2.75, 3.05) is 19.6 Å². The summed E-state index contributed by atoms with van der Waals surface area (Å²) in [5, 5.41) is 7.84. The lowest BCUT2D eigenvalue weighted by molar-refractivity contribution is 0.331. The highest BCUT2D eigenvalue weighted by Crippen LogP contribution is 2.29. The van der Waals surface area contributed by atoms with Crippen LogP contribution in [0.3, 0.4) is 0 Å². The molecule has 0 saturated carbocycles. The summed E-state index contributed by atoms with van der Waals surface area (Å²) in [7, 11) is 0. The minimum Gasteiger partial charge on any atom is -0.330 e. The number of nitrogens with two attached hydrogens (primary N) is 1. The molecular weight excluding hydrogens is 180 g/mol. The van der Waals surface area contributed by atoms with Crippen LogP contribution in [-0.4, -0.2) is 19.6 Å². The summed E-state index contributed by atoms with van der Waals surface area (Å²) in [6.45, 7) is 3.04. The molecule has 13 heavy (non-hydrogen) atoms. The van der Waals surface area contributed by atoms with E-state index in [0.29, 0.717) is 11.8 Å². The van der Waals surface area contributed by atoms with Crippen molar-refractivity contribution in [1.82, 2.24) is 5.32 Å². The van der Waals surface area contributed by atoms with Crippen molar-refractivity contribution in [3.05, 3.63) is 22.4 Å². The van der Waals surface area contributed by atoms with Crippen LogP contribution in [0.2, 0.25) is 0 Å². The number of nitrogens with one attached hydrogen (secondary N) is 1. The zero-order valence-corrected chi connectivity index (χ0v) is 8.52. The van der Waals surface area contributed by atoms with Crippen molar-refractivity contribution in [1.29, 1.82) is 0 Å². The Balaban J connectivity index is 2.11. The van der Waals surface area contributed by atoms with Gasteiger partial charge >= 0.3 is 0 Å². The third-order valence-corrected chi connectivity index (χ3v) is 3.60. The minimum absolute atomic E-state index is 0.644. The van der Waals surface area contributed by atoms with E-state index >= 15 is 0 Å². The van der Waals surface area contributed by atoms with Gasteiger partial charge in [-0.2, -0.15) is 11.3 Å². The van der Waals surface area contributed by atoms with Gasteiger partial charge in [-0.1, -0.05) is 0 Å². The molecule has 1 aromatic rings. The number of hydrogen-bond donors (Lipinski definition) is 2. The maximum absolute atomic E-state index is 5.78. The monoisotopic (exact) mass is 196 g/mol. The second-order valence-corrected chi connectivity index (χ2v) is 4.43. The van der Waals surface area contributed by atoms with Crippen molar-refractivity contribution in [2.24, 2.45) is 11.7 Å². The minimum atomic E-state index is 0.644. The van der Waals surface area contributed by atoms with E-state index < -0.39 is 0 Å². The summed E-state index contributed by atoms with van der Waals surface area (Å²) in [5.41, 5.74) is 7.24. The van der Waals surface area contributed by atoms with Gasteiger partial charge in [0.2, 0.25) is 0 Å². The van der Waals surface area contributed by atoms with Gasteiger partial charge in [0.05, 0.1) is 0 Å². The summed E-state index contributed by atoms with van der Waals surface area (Å²) in [6.07, 6.45) is 1.22. The van der Waals surface area contributed by atoms with Gasteiger partial charge in [-0.15, -0.1) is 0 Å². The zero-order valence-electron chi connectivity index (χ0n) is 7.70. The summed E-state index contributed by atoms with van der Waals surface area (Å²) >= 11 is 1.78. The van der Waals surface area contributed by atoms with E-state index in [0.717, 1.165) is 19.6 Å². The molecule has 2 rings (SSSR count). The van der Waals surface area contributed by atoms with Gasteiger partial charge in [-0.3, -0.25) is 0 Å². The Morgan fingerprint density at radius 3 is 3.23 bits per heavy atom. The standard InChI is InChI=1S/C10H16N2S/c11-5-8-1-3-12-6-10(8)9-2-4-13-7-9/h2,4,7-8,10,12H,1,3,5-6,11H2. The molecule has 0 radical (unpaired) electrons. The molecule has 0 amide bonds. The number of rotatable bonds is 2. The molecule has 0 spiro atoms. The van der Waals surface area contributed by atoms with Gasteiger partial charge in [0.25, 0.3) is 0 Å². The summed E-state index contributed by atoms with van der Waals surface area (Å²) in [5.74, 6) is 1.32. The molecule has 3 heteroatoms. The van der Waals surface area contributed by atoms with Crippen LogP contribution >= 0.6 is 11.3 Å². The zero-order chi connectivity index (χ0) is 9.10. The highest BCUT2D eigenvalue weighted by molar-refractivity contribution is 7.07. The van der Waals surface area contributed by atoms with E-state index in [9.17, 15) is 0 Å². The molecule has 1 fully saturated rings. The predicted molar refractivity (Wildman–Crippen MR) is 57.1 cm³/mol. The Labute approximate surface area is 83.1 Å². The molecule has 0 aromatic carbocycles. The van der Waals surface area contributed by atoms with Crippen LogP contribution in [0.4, 0.5) is 0 Å². The van der Waals surface area contributed by atoms with Crippen LogP contribution < -0.4 is 11.1 Å². The lowest BCUT2D eigenvalue weighted by Crippen LogP contribution is -2.38. The normalized spacial score (nSPS) is 29.0. The van der Waals surface area contributed by atoms with E-state index in [-0.39, 0.29) is 0 Å². The van der Waals surface area contributed by atoms with Gasteiger partial charge < -0.3 is 11.1 Å². The molecule has 0 aliphatic carbocycles. The van der Waals surface area contributed by atoms with Crippen LogP contribution in [0, 0.1) is 5.92 Å². The average Bonchev–Trinajstić information content (AvgIpc) is 2.70. The fourth-order valence-electron chi connectivity index (χ4n) is 2.07. The van der Waals surface area contributed by atoms with Gasteiger partial charge in [0.15, 0.2) is 0 Å². The Hall–Kier alpha value is -0.380. The van der Waals surface area contributed by atoms with Crippen molar-refractivity contribution in [3.8, 4) is 0 Å². The Bertz CT molecular complexity index is 245. The topological polar surface area (TPSA) is 38.0 Å². The Morgan fingerprint density at radius 1 is 1.62 bits per heavy atom. The van der Waals surface area contributed by atoms with Gasteiger partial charge in [-0.25, -0.2) is 0 Å². The van der Waals surface area contributed by atoms with Crippen LogP contribution in [0.25, 0.3) is 0 Å². The highest BCUT2D eigenvalue weighted by atomic mass is 32.1. The molecule has 3 N–H and O–H groups in total. The second kappa shape index (κ2) is 4.22. The average molecular weight is 196 g/mol. The van der Waals surface area contributed by atoms with Crippen LogP contribution in [-0.2, 0) is 0 Å². The summed E-state index contributed by atoms with van der Waals surface area (Å²) in [4.78, 5) is 0. The lowest BCUT2D eigenvalue weighted by Gasteiger charge is -2.30. The van der Waals surface area contributed by atoms with E-state index in [1.54, 1.807) is 11.3 Å². The first-order chi connectivity index (χ1) is 6.42. The molecular formula is C10H16N2S. The smallest absolute Gasteiger partial charge is 0.00236 e. The van der Waals surface area contributed by atoms with Gasteiger partial charge in [-0.05, 0) is 47.8 Å². The lowest BCUT2D eigenvalue weighted by atomic mass is 9.83. The molecule has 1 saturated heterocycles. The maximum atomic E-state index is 5.78. The van der Waals surface area contributed by atoms with Crippen molar-refractivity contribution < 1.29 is 0 Å². The molecule has 2 nitrogen and oxygen atoms in total. The largest absolute Gasteiger partial charge is 0.330 e. The van der Waals surface area contributed by atoms with E-state index in [4.69, 9.17) is 5.73 Å². The molecule has 1 aromatic heterocycles. The third kappa shape index (κ3) is 1.93. The molecule has 0 bridgehead atoms. The first-order valence-corrected chi connectivity index (χ1v) is 5.79. The van der Waals surface area contributed by atoms with Crippen LogP contribution in [0.5, 0.6) is 0 Å². The van der Waals surface area contributed by atoms with Gasteiger partial charge in [0.1, 0.15) is 0 Å². The molecule has 2 atom stereocenters. The Kier molecular flexibility index (Phi) is 2.98. The van der Waals surface area contributed by atoms with Crippen LogP contribution in [0.1, 0.15) is 17.9 Å². The van der Waals surface area contributed by atoms with Crippen LogP contribution in [0.15, 0.2) is 16.8 Å². The molecule has 72 valence electrons. The summed E-state index contributed by atoms with van der Waals surface area (Å²) in [6, 6.07) is 2.23. The van der Waals surface area contributed by atoms with Crippen molar-refractivity contribution in [3.63, 3.8) is 0 Å². The predicted octanol–water partition coefficient (Wildman–Crippen LogP) is 1.40. The van der Waals surface area contributed by atoms with E-state index in [1.165, 1.54) is 12.0 Å². The fraction of sp³-hybridized carbons (Fsp3) is 0.600. The van der Waals surface area contributed by atoms with E-state index in [2.05, 4.69) is 22.1 Å². The maximum Gasteiger partial charge on any atom is 0.00236 e. The number of thiophene rings is 1. The van der Waals surface area contributed by atoms with Gasteiger partial charge in [0, 0.05) is 12.5 Å². The fourth-order valence-corrected chi connectivity index (χ4v) is 2.80. The molecule has 1 aliphatic rings. The van der Waals surface area contributed by atoms with Crippen molar-refractivity contribution in [2.45, 2.75) is 12.3 Å². The number of piperidine rings is 1. The first-order valence-electron chi connectivity index (χ1n) is 4.84. The quantitative estimate of drug-likeness (QED) is 0.750. The number of hydrogen-bond acceptors (Lipinski definition) is 3. The van der Waals surface area contributed by atoms with Crippen molar-refractivity contribution >= 4 is 11.3 Å². The first kappa shape index (κ1) is 9.19. The molecule has 1 aliphatic heterocycles. The van der Waals surface area contributed by atoms with E-state index in [1.807, 2.05) is 0 Å².